The van der Waals surface area contributed by atoms with Crippen LogP contribution in [0.3, 0.4) is 0 Å². The molecule has 6 heteroatoms. The number of aliphatic hydroxyl groups is 1. The van der Waals surface area contributed by atoms with E-state index in [1.807, 2.05) is 24.3 Å². The third-order valence-corrected chi connectivity index (χ3v) is 4.65. The molecule has 0 spiro atoms. The molecule has 0 fully saturated rings. The molecule has 3 aromatic rings. The molecule has 0 radical (unpaired) electrons. The lowest BCUT2D eigenvalue weighted by Gasteiger charge is -2.23. The Bertz CT molecular complexity index is 966. The van der Waals surface area contributed by atoms with Crippen LogP contribution in [0.4, 0.5) is 0 Å². The normalized spacial score (nSPS) is 13.4. The first-order valence-electron chi connectivity index (χ1n) is 8.86. The number of benzene rings is 2. The summed E-state index contributed by atoms with van der Waals surface area (Å²) in [5.74, 6) is 0.826. The van der Waals surface area contributed by atoms with Crippen LogP contribution in [0.25, 0.3) is 10.9 Å². The van der Waals surface area contributed by atoms with Gasteiger partial charge in [0.25, 0.3) is 0 Å². The van der Waals surface area contributed by atoms with Crippen molar-refractivity contribution in [2.45, 2.75) is 25.4 Å². The van der Waals surface area contributed by atoms with Gasteiger partial charge in [0.15, 0.2) is 0 Å². The molecule has 0 saturated heterocycles. The van der Waals surface area contributed by atoms with E-state index in [0.717, 1.165) is 23.3 Å². The molecule has 0 saturated carbocycles. The molecule has 0 amide bonds. The average molecular weight is 368 g/mol. The molecule has 0 bridgehead atoms. The fraction of sp³-hybridized carbons (Fsp3) is 0.286. The number of nitrogens with one attached hydrogen (secondary N) is 2. The van der Waals surface area contributed by atoms with Crippen molar-refractivity contribution < 1.29 is 14.9 Å². The van der Waals surface area contributed by atoms with Gasteiger partial charge in [-0.05, 0) is 48.7 Å². The number of ether oxygens (including phenoxy) is 1. The largest absolute Gasteiger partial charge is 0.506 e. The predicted octanol–water partition coefficient (Wildman–Crippen LogP) is 2.50. The predicted molar refractivity (Wildman–Crippen MR) is 105 cm³/mol. The van der Waals surface area contributed by atoms with Crippen LogP contribution in [-0.4, -0.2) is 35.0 Å². The lowest BCUT2D eigenvalue weighted by Crippen LogP contribution is -2.34. The smallest absolute Gasteiger partial charge is 0.248 e. The number of fused-ring (bicyclic) bond motifs is 1. The zero-order valence-electron chi connectivity index (χ0n) is 15.4. The van der Waals surface area contributed by atoms with E-state index in [4.69, 9.17) is 4.74 Å². The van der Waals surface area contributed by atoms with E-state index in [1.165, 1.54) is 12.1 Å². The van der Waals surface area contributed by atoms with Crippen molar-refractivity contribution in [1.82, 2.24) is 10.3 Å². The van der Waals surface area contributed by atoms with Gasteiger partial charge in [0, 0.05) is 17.5 Å². The molecule has 6 nitrogen and oxygen atoms in total. The number of aliphatic hydroxyl groups excluding tert-OH is 1. The molecular weight excluding hydrogens is 344 g/mol. The van der Waals surface area contributed by atoms with Crippen LogP contribution in [0.1, 0.15) is 24.1 Å². The molecule has 142 valence electrons. The molecule has 3 rings (SSSR count). The van der Waals surface area contributed by atoms with Crippen LogP contribution in [-0.2, 0) is 6.42 Å². The summed E-state index contributed by atoms with van der Waals surface area (Å²) in [6.45, 7) is 1.95. The highest BCUT2D eigenvalue weighted by Gasteiger charge is 2.18. The zero-order chi connectivity index (χ0) is 19.4. The maximum absolute atomic E-state index is 11.6. The first-order chi connectivity index (χ1) is 13.0. The maximum atomic E-state index is 11.6. The quantitative estimate of drug-likeness (QED) is 0.514. The number of aromatic amines is 1. The van der Waals surface area contributed by atoms with Gasteiger partial charge >= 0.3 is 0 Å². The standard InChI is InChI=1S/C21H24N2O4/c1-13(11-14-3-5-15(27-2)6-4-14)22-18(12-24)16-7-9-19(25)21-17(16)8-10-20(26)23-21/h3-10,13,18,22,24-25H,11-12H2,1-2H3,(H,23,26). The fourth-order valence-electron chi connectivity index (χ4n) is 3.32. The number of phenols is 1. The van der Waals surface area contributed by atoms with Crippen molar-refractivity contribution in [1.29, 1.82) is 0 Å². The van der Waals surface area contributed by atoms with Gasteiger partial charge in [-0.2, -0.15) is 0 Å². The van der Waals surface area contributed by atoms with Gasteiger partial charge in [-0.1, -0.05) is 18.2 Å². The van der Waals surface area contributed by atoms with Crippen molar-refractivity contribution >= 4 is 10.9 Å². The Morgan fingerprint density at radius 1 is 1.11 bits per heavy atom. The topological polar surface area (TPSA) is 94.6 Å². The maximum Gasteiger partial charge on any atom is 0.248 e. The van der Waals surface area contributed by atoms with Crippen molar-refractivity contribution in [3.05, 3.63) is 70.0 Å². The lowest BCUT2D eigenvalue weighted by atomic mass is 9.99. The first-order valence-corrected chi connectivity index (χ1v) is 8.86. The monoisotopic (exact) mass is 368 g/mol. The highest BCUT2D eigenvalue weighted by atomic mass is 16.5. The van der Waals surface area contributed by atoms with Crippen LogP contribution >= 0.6 is 0 Å². The molecule has 0 aliphatic carbocycles. The van der Waals surface area contributed by atoms with Gasteiger partial charge in [0.2, 0.25) is 5.56 Å². The average Bonchev–Trinajstić information content (AvgIpc) is 2.67. The van der Waals surface area contributed by atoms with Gasteiger partial charge in [-0.15, -0.1) is 0 Å². The first kappa shape index (κ1) is 18.9. The summed E-state index contributed by atoms with van der Waals surface area (Å²) in [7, 11) is 1.64. The van der Waals surface area contributed by atoms with E-state index in [0.29, 0.717) is 10.9 Å². The summed E-state index contributed by atoms with van der Waals surface area (Å²) in [5.41, 5.74) is 2.08. The minimum atomic E-state index is -0.327. The second-order valence-corrected chi connectivity index (χ2v) is 6.64. The number of methoxy groups -OCH3 is 1. The fourth-order valence-corrected chi connectivity index (χ4v) is 3.32. The lowest BCUT2D eigenvalue weighted by molar-refractivity contribution is 0.235. The Morgan fingerprint density at radius 3 is 2.52 bits per heavy atom. The van der Waals surface area contributed by atoms with E-state index in [-0.39, 0.29) is 30.0 Å². The van der Waals surface area contributed by atoms with Crippen LogP contribution in [0.2, 0.25) is 0 Å². The molecular formula is C21H24N2O4. The minimum Gasteiger partial charge on any atom is -0.506 e. The summed E-state index contributed by atoms with van der Waals surface area (Å²) in [5, 5.41) is 24.1. The van der Waals surface area contributed by atoms with E-state index < -0.39 is 0 Å². The molecule has 27 heavy (non-hydrogen) atoms. The number of hydrogen-bond donors (Lipinski definition) is 4. The van der Waals surface area contributed by atoms with Crippen molar-refractivity contribution in [3.63, 3.8) is 0 Å². The van der Waals surface area contributed by atoms with Crippen LogP contribution in [0.15, 0.2) is 53.3 Å². The van der Waals surface area contributed by atoms with E-state index in [2.05, 4.69) is 17.2 Å². The number of pyridine rings is 1. The second kappa shape index (κ2) is 8.24. The summed E-state index contributed by atoms with van der Waals surface area (Å²) in [4.78, 5) is 14.2. The molecule has 0 aliphatic rings. The number of phenolic OH excluding ortho intramolecular Hbond substituents is 1. The van der Waals surface area contributed by atoms with Crippen LogP contribution < -0.4 is 15.6 Å². The van der Waals surface area contributed by atoms with Crippen LogP contribution in [0, 0.1) is 0 Å². The van der Waals surface area contributed by atoms with Gasteiger partial charge < -0.3 is 25.3 Å². The molecule has 2 atom stereocenters. The van der Waals surface area contributed by atoms with E-state index in [9.17, 15) is 15.0 Å². The van der Waals surface area contributed by atoms with E-state index in [1.54, 1.807) is 19.2 Å². The van der Waals surface area contributed by atoms with Gasteiger partial charge in [-0.3, -0.25) is 4.79 Å². The minimum absolute atomic E-state index is 0.00872. The third-order valence-electron chi connectivity index (χ3n) is 4.65. The Labute approximate surface area is 157 Å². The molecule has 0 aliphatic heterocycles. The molecule has 1 aromatic heterocycles. The molecule has 2 unspecified atom stereocenters. The zero-order valence-corrected chi connectivity index (χ0v) is 15.4. The van der Waals surface area contributed by atoms with Gasteiger partial charge in [0.05, 0.1) is 25.3 Å². The summed E-state index contributed by atoms with van der Waals surface area (Å²) in [6, 6.07) is 14.1. The number of rotatable bonds is 7. The summed E-state index contributed by atoms with van der Waals surface area (Å²) >= 11 is 0. The Morgan fingerprint density at radius 2 is 1.85 bits per heavy atom. The van der Waals surface area contributed by atoms with Gasteiger partial charge in [0.1, 0.15) is 11.5 Å². The van der Waals surface area contributed by atoms with Crippen molar-refractivity contribution in [2.24, 2.45) is 0 Å². The highest BCUT2D eigenvalue weighted by molar-refractivity contribution is 5.87. The van der Waals surface area contributed by atoms with Crippen molar-refractivity contribution in [3.8, 4) is 11.5 Å². The van der Waals surface area contributed by atoms with Crippen molar-refractivity contribution in [2.75, 3.05) is 13.7 Å². The Hall–Kier alpha value is -2.83. The second-order valence-electron chi connectivity index (χ2n) is 6.64. The Kier molecular flexibility index (Phi) is 5.78. The number of aromatic nitrogens is 1. The molecule has 4 N–H and O–H groups in total. The number of hydrogen-bond acceptors (Lipinski definition) is 5. The van der Waals surface area contributed by atoms with Crippen LogP contribution in [0.5, 0.6) is 11.5 Å². The van der Waals surface area contributed by atoms with E-state index >= 15 is 0 Å². The van der Waals surface area contributed by atoms with Gasteiger partial charge in [-0.25, -0.2) is 0 Å². The number of H-pyrrole nitrogens is 1. The summed E-state index contributed by atoms with van der Waals surface area (Å²) < 4.78 is 5.18. The summed E-state index contributed by atoms with van der Waals surface area (Å²) in [6.07, 6.45) is 0.785. The molecule has 1 heterocycles. The third kappa shape index (κ3) is 4.30. The number of aromatic hydroxyl groups is 1. The SMILES string of the molecule is COc1ccc(CC(C)NC(CO)c2ccc(O)c3[nH]c(=O)ccc23)cc1. The molecule has 2 aromatic carbocycles. The highest BCUT2D eigenvalue weighted by Crippen LogP contribution is 2.29. The Balaban J connectivity index is 1.81.